The van der Waals surface area contributed by atoms with Crippen LogP contribution < -0.4 is 5.73 Å². The van der Waals surface area contributed by atoms with Crippen molar-refractivity contribution in [1.29, 1.82) is 0 Å². The molecule has 1 heterocycles. The fraction of sp³-hybridized carbons (Fsp3) is 1.00. The summed E-state index contributed by atoms with van der Waals surface area (Å²) in [7, 11) is 0. The molecule has 0 aromatic carbocycles. The van der Waals surface area contributed by atoms with E-state index < -0.39 is 0 Å². The van der Waals surface area contributed by atoms with Crippen LogP contribution in [-0.4, -0.2) is 25.5 Å². The topological polar surface area (TPSA) is 44.5 Å². The first-order valence-electron chi connectivity index (χ1n) is 5.75. The number of rotatable bonds is 6. The van der Waals surface area contributed by atoms with Crippen molar-refractivity contribution in [3.63, 3.8) is 0 Å². The fourth-order valence-electron chi connectivity index (χ4n) is 1.94. The van der Waals surface area contributed by atoms with E-state index >= 15 is 0 Å². The van der Waals surface area contributed by atoms with Gasteiger partial charge in [-0.3, -0.25) is 0 Å². The van der Waals surface area contributed by atoms with Gasteiger partial charge in [0.15, 0.2) is 6.29 Å². The second-order valence-corrected chi connectivity index (χ2v) is 4.09. The molecule has 0 aliphatic carbocycles. The van der Waals surface area contributed by atoms with E-state index in [2.05, 4.69) is 13.8 Å². The molecule has 0 bridgehead atoms. The molecule has 0 aromatic heterocycles. The monoisotopic (exact) mass is 201 g/mol. The molecular formula is C11H23NO2. The highest BCUT2D eigenvalue weighted by molar-refractivity contribution is 4.69. The van der Waals surface area contributed by atoms with Crippen LogP contribution in [0.1, 0.15) is 39.5 Å². The minimum absolute atomic E-state index is 0.0423. The van der Waals surface area contributed by atoms with Gasteiger partial charge in [-0.1, -0.05) is 26.7 Å². The lowest BCUT2D eigenvalue weighted by Gasteiger charge is -2.20. The lowest BCUT2D eigenvalue weighted by atomic mass is 9.94. The van der Waals surface area contributed by atoms with E-state index in [0.717, 1.165) is 32.0 Å². The molecule has 3 nitrogen and oxygen atoms in total. The lowest BCUT2D eigenvalue weighted by molar-refractivity contribution is -0.0516. The highest BCUT2D eigenvalue weighted by Gasteiger charge is 2.20. The molecule has 0 aromatic rings. The molecule has 1 saturated heterocycles. The van der Waals surface area contributed by atoms with Crippen molar-refractivity contribution in [3.8, 4) is 0 Å². The summed E-state index contributed by atoms with van der Waals surface area (Å²) in [6, 6.07) is 0.225. The molecule has 1 atom stereocenters. The zero-order chi connectivity index (χ0) is 10.4. The molecule has 84 valence electrons. The molecule has 0 amide bonds. The highest BCUT2D eigenvalue weighted by atomic mass is 16.7. The molecule has 1 unspecified atom stereocenters. The molecule has 1 rings (SSSR count). The Morgan fingerprint density at radius 1 is 1.21 bits per heavy atom. The third-order valence-electron chi connectivity index (χ3n) is 2.98. The van der Waals surface area contributed by atoms with E-state index in [1.807, 2.05) is 0 Å². The normalized spacial score (nSPS) is 20.6. The van der Waals surface area contributed by atoms with Crippen molar-refractivity contribution < 1.29 is 9.47 Å². The van der Waals surface area contributed by atoms with Crippen molar-refractivity contribution in [2.24, 2.45) is 11.7 Å². The summed E-state index contributed by atoms with van der Waals surface area (Å²) in [6.07, 6.45) is 4.33. The largest absolute Gasteiger partial charge is 0.350 e. The summed E-state index contributed by atoms with van der Waals surface area (Å²) in [5.41, 5.74) is 6.05. The lowest BCUT2D eigenvalue weighted by Crippen LogP contribution is -2.28. The van der Waals surface area contributed by atoms with E-state index in [1.165, 1.54) is 12.8 Å². The Hall–Kier alpha value is -0.120. The average Bonchev–Trinajstić information content (AvgIpc) is 2.66. The first-order valence-corrected chi connectivity index (χ1v) is 5.75. The van der Waals surface area contributed by atoms with Gasteiger partial charge in [0.1, 0.15) is 0 Å². The van der Waals surface area contributed by atoms with Crippen molar-refractivity contribution in [3.05, 3.63) is 0 Å². The first-order chi connectivity index (χ1) is 6.76. The standard InChI is InChI=1S/C11H23NO2/c1-3-9(4-2)7-10(12)8-11-13-5-6-14-11/h9-11H,3-8,12H2,1-2H3. The van der Waals surface area contributed by atoms with Gasteiger partial charge in [-0.05, 0) is 12.3 Å². The summed E-state index contributed by atoms with van der Waals surface area (Å²) in [5.74, 6) is 0.756. The van der Waals surface area contributed by atoms with Crippen LogP contribution in [0.15, 0.2) is 0 Å². The molecule has 1 aliphatic rings. The van der Waals surface area contributed by atoms with Crippen LogP contribution in [0.4, 0.5) is 0 Å². The third kappa shape index (κ3) is 3.95. The smallest absolute Gasteiger partial charge is 0.159 e. The Balaban J connectivity index is 2.16. The first kappa shape index (κ1) is 12.0. The maximum Gasteiger partial charge on any atom is 0.159 e. The molecule has 0 radical (unpaired) electrons. The van der Waals surface area contributed by atoms with Gasteiger partial charge < -0.3 is 15.2 Å². The van der Waals surface area contributed by atoms with Crippen LogP contribution in [0.3, 0.4) is 0 Å². The summed E-state index contributed by atoms with van der Waals surface area (Å²) in [6.45, 7) is 5.90. The highest BCUT2D eigenvalue weighted by Crippen LogP contribution is 2.18. The second-order valence-electron chi connectivity index (χ2n) is 4.09. The molecule has 1 aliphatic heterocycles. The van der Waals surface area contributed by atoms with Crippen LogP contribution >= 0.6 is 0 Å². The molecule has 0 saturated carbocycles. The van der Waals surface area contributed by atoms with Crippen LogP contribution in [-0.2, 0) is 9.47 Å². The van der Waals surface area contributed by atoms with Crippen molar-refractivity contribution in [1.82, 2.24) is 0 Å². The summed E-state index contributed by atoms with van der Waals surface area (Å²) >= 11 is 0. The fourth-order valence-corrected chi connectivity index (χ4v) is 1.94. The van der Waals surface area contributed by atoms with E-state index in [9.17, 15) is 0 Å². The number of hydrogen-bond donors (Lipinski definition) is 1. The Morgan fingerprint density at radius 3 is 2.29 bits per heavy atom. The number of ether oxygens (including phenoxy) is 2. The van der Waals surface area contributed by atoms with Crippen molar-refractivity contribution in [2.45, 2.75) is 51.9 Å². The number of hydrogen-bond acceptors (Lipinski definition) is 3. The summed E-state index contributed by atoms with van der Waals surface area (Å²) < 4.78 is 10.7. The van der Waals surface area contributed by atoms with Gasteiger partial charge in [-0.15, -0.1) is 0 Å². The van der Waals surface area contributed by atoms with Gasteiger partial charge >= 0.3 is 0 Å². The third-order valence-corrected chi connectivity index (χ3v) is 2.98. The molecule has 0 spiro atoms. The average molecular weight is 201 g/mol. The Bertz CT molecular complexity index is 138. The predicted molar refractivity (Wildman–Crippen MR) is 57.0 cm³/mol. The molecule has 2 N–H and O–H groups in total. The number of nitrogens with two attached hydrogens (primary N) is 1. The van der Waals surface area contributed by atoms with Crippen LogP contribution in [0.25, 0.3) is 0 Å². The minimum atomic E-state index is -0.0423. The predicted octanol–water partition coefficient (Wildman–Crippen LogP) is 1.90. The van der Waals surface area contributed by atoms with E-state index in [-0.39, 0.29) is 12.3 Å². The van der Waals surface area contributed by atoms with Gasteiger partial charge in [-0.25, -0.2) is 0 Å². The summed E-state index contributed by atoms with van der Waals surface area (Å²) in [4.78, 5) is 0. The molecular weight excluding hydrogens is 178 g/mol. The molecule has 14 heavy (non-hydrogen) atoms. The SMILES string of the molecule is CCC(CC)CC(N)CC1OCCO1. The Morgan fingerprint density at radius 2 is 1.79 bits per heavy atom. The van der Waals surface area contributed by atoms with Crippen molar-refractivity contribution >= 4 is 0 Å². The maximum atomic E-state index is 6.05. The second kappa shape index (κ2) is 6.38. The van der Waals surface area contributed by atoms with Gasteiger partial charge in [0, 0.05) is 12.5 Å². The van der Waals surface area contributed by atoms with Crippen LogP contribution in [0.2, 0.25) is 0 Å². The minimum Gasteiger partial charge on any atom is -0.350 e. The van der Waals surface area contributed by atoms with E-state index in [1.54, 1.807) is 0 Å². The van der Waals surface area contributed by atoms with Crippen LogP contribution in [0, 0.1) is 5.92 Å². The van der Waals surface area contributed by atoms with Gasteiger partial charge in [-0.2, -0.15) is 0 Å². The van der Waals surface area contributed by atoms with Crippen molar-refractivity contribution in [2.75, 3.05) is 13.2 Å². The Labute approximate surface area is 86.9 Å². The van der Waals surface area contributed by atoms with E-state index in [4.69, 9.17) is 15.2 Å². The zero-order valence-corrected chi connectivity index (χ0v) is 9.37. The van der Waals surface area contributed by atoms with Gasteiger partial charge in [0.05, 0.1) is 13.2 Å². The maximum absolute atomic E-state index is 6.05. The zero-order valence-electron chi connectivity index (χ0n) is 9.37. The summed E-state index contributed by atoms with van der Waals surface area (Å²) in [5, 5.41) is 0. The van der Waals surface area contributed by atoms with Gasteiger partial charge in [0.25, 0.3) is 0 Å². The quantitative estimate of drug-likeness (QED) is 0.714. The Kier molecular flexibility index (Phi) is 5.45. The molecule has 3 heteroatoms. The van der Waals surface area contributed by atoms with Crippen LogP contribution in [0.5, 0.6) is 0 Å². The molecule has 1 fully saturated rings. The van der Waals surface area contributed by atoms with Gasteiger partial charge in [0.2, 0.25) is 0 Å². The van der Waals surface area contributed by atoms with E-state index in [0.29, 0.717) is 0 Å².